The molecular weight excluding hydrogens is 270 g/mol. The fourth-order valence-electron chi connectivity index (χ4n) is 3.42. The van der Waals surface area contributed by atoms with E-state index >= 15 is 0 Å². The summed E-state index contributed by atoms with van der Waals surface area (Å²) in [6, 6.07) is 3.40. The van der Waals surface area contributed by atoms with Crippen LogP contribution in [0.15, 0.2) is 12.1 Å². The van der Waals surface area contributed by atoms with Gasteiger partial charge in [-0.15, -0.1) is 0 Å². The van der Waals surface area contributed by atoms with E-state index in [1.165, 1.54) is 6.42 Å². The number of hydrogen-bond acceptors (Lipinski definition) is 5. The number of hydrogen-bond donors (Lipinski definition) is 3. The van der Waals surface area contributed by atoms with Gasteiger partial charge in [0.1, 0.15) is 5.75 Å². The minimum absolute atomic E-state index is 0.128. The first-order valence-corrected chi connectivity index (χ1v) is 7.59. The lowest BCUT2D eigenvalue weighted by Crippen LogP contribution is -2.51. The van der Waals surface area contributed by atoms with Crippen molar-refractivity contribution in [2.24, 2.45) is 5.92 Å². The summed E-state index contributed by atoms with van der Waals surface area (Å²) in [6.45, 7) is 3.06. The highest BCUT2D eigenvalue weighted by Crippen LogP contribution is 2.38. The average Bonchev–Trinajstić information content (AvgIpc) is 2.92. The monoisotopic (exact) mass is 293 g/mol. The van der Waals surface area contributed by atoms with Gasteiger partial charge in [-0.3, -0.25) is 0 Å². The Hall–Kier alpha value is -1.46. The molecule has 1 aliphatic carbocycles. The van der Waals surface area contributed by atoms with E-state index in [9.17, 15) is 10.2 Å². The molecule has 1 fully saturated rings. The van der Waals surface area contributed by atoms with Crippen molar-refractivity contribution in [3.05, 3.63) is 17.7 Å². The van der Waals surface area contributed by atoms with Gasteiger partial charge in [0.2, 0.25) is 6.79 Å². The predicted octanol–water partition coefficient (Wildman–Crippen LogP) is 2.15. The lowest BCUT2D eigenvalue weighted by molar-refractivity contribution is 0.0980. The van der Waals surface area contributed by atoms with Crippen molar-refractivity contribution in [1.29, 1.82) is 0 Å². The fourth-order valence-corrected chi connectivity index (χ4v) is 3.42. The van der Waals surface area contributed by atoms with Crippen LogP contribution in [0, 0.1) is 5.92 Å². The summed E-state index contributed by atoms with van der Waals surface area (Å²) in [4.78, 5) is 0. The molecule has 0 spiro atoms. The maximum absolute atomic E-state index is 10.1. The molecule has 0 radical (unpaired) electrons. The minimum atomic E-state index is -0.236. The zero-order chi connectivity index (χ0) is 14.9. The van der Waals surface area contributed by atoms with E-state index < -0.39 is 0 Å². The number of aliphatic hydroxyl groups excluding tert-OH is 1. The molecule has 1 saturated carbocycles. The summed E-state index contributed by atoms with van der Waals surface area (Å²) in [5.74, 6) is 2.06. The van der Waals surface area contributed by atoms with E-state index in [-0.39, 0.29) is 24.7 Å². The first-order valence-electron chi connectivity index (χ1n) is 7.59. The van der Waals surface area contributed by atoms with Gasteiger partial charge in [0, 0.05) is 23.7 Å². The van der Waals surface area contributed by atoms with Crippen LogP contribution in [0.1, 0.15) is 38.2 Å². The normalized spacial score (nSPS) is 27.8. The number of benzene rings is 1. The first-order chi connectivity index (χ1) is 10.1. The molecule has 0 amide bonds. The smallest absolute Gasteiger partial charge is 0.231 e. The molecule has 2 aliphatic rings. The quantitative estimate of drug-likeness (QED) is 0.793. The van der Waals surface area contributed by atoms with Crippen LogP contribution in [-0.2, 0) is 6.54 Å². The van der Waals surface area contributed by atoms with E-state index in [0.29, 0.717) is 24.0 Å². The molecule has 1 heterocycles. The Morgan fingerprint density at radius 2 is 2.10 bits per heavy atom. The molecular formula is C16H23NO4. The summed E-state index contributed by atoms with van der Waals surface area (Å²) >= 11 is 0. The molecule has 116 valence electrons. The van der Waals surface area contributed by atoms with E-state index in [2.05, 4.69) is 12.2 Å². The summed E-state index contributed by atoms with van der Waals surface area (Å²) in [5.41, 5.74) is 0.533. The number of phenolic OH excluding ortho intramolecular Hbond substituents is 1. The molecule has 3 N–H and O–H groups in total. The summed E-state index contributed by atoms with van der Waals surface area (Å²) < 4.78 is 10.6. The van der Waals surface area contributed by atoms with E-state index in [1.54, 1.807) is 6.07 Å². The maximum Gasteiger partial charge on any atom is 0.231 e. The third-order valence-corrected chi connectivity index (χ3v) is 4.62. The molecule has 0 saturated heterocycles. The molecule has 3 rings (SSSR count). The average molecular weight is 293 g/mol. The highest BCUT2D eigenvalue weighted by atomic mass is 16.7. The topological polar surface area (TPSA) is 71.0 Å². The van der Waals surface area contributed by atoms with Crippen molar-refractivity contribution >= 4 is 0 Å². The molecule has 1 aromatic rings. The number of aromatic hydroxyl groups is 1. The maximum atomic E-state index is 10.1. The molecule has 2 unspecified atom stereocenters. The standard InChI is InChI=1S/C16H23NO4/c1-11-3-2-4-16(7-11,9-18)17-8-12-5-14-15(6-13(12)19)21-10-20-14/h5-6,11,17-19H,2-4,7-10H2,1H3. The number of rotatable bonds is 4. The summed E-state index contributed by atoms with van der Waals surface area (Å²) in [6.07, 6.45) is 4.29. The van der Waals surface area contributed by atoms with Crippen molar-refractivity contribution in [1.82, 2.24) is 5.32 Å². The van der Waals surface area contributed by atoms with Gasteiger partial charge in [-0.2, -0.15) is 0 Å². The minimum Gasteiger partial charge on any atom is -0.507 e. The van der Waals surface area contributed by atoms with Crippen molar-refractivity contribution in [2.75, 3.05) is 13.4 Å². The molecule has 5 nitrogen and oxygen atoms in total. The van der Waals surface area contributed by atoms with Gasteiger partial charge in [0.05, 0.1) is 6.61 Å². The first kappa shape index (κ1) is 14.5. The van der Waals surface area contributed by atoms with Crippen molar-refractivity contribution in [3.8, 4) is 17.2 Å². The highest BCUT2D eigenvalue weighted by Gasteiger charge is 2.34. The van der Waals surface area contributed by atoms with Crippen LogP contribution in [0.3, 0.4) is 0 Å². The Labute approximate surface area is 124 Å². The second-order valence-corrected chi connectivity index (χ2v) is 6.33. The highest BCUT2D eigenvalue weighted by molar-refractivity contribution is 5.51. The molecule has 21 heavy (non-hydrogen) atoms. The zero-order valence-electron chi connectivity index (χ0n) is 12.4. The third kappa shape index (κ3) is 2.94. The van der Waals surface area contributed by atoms with Crippen LogP contribution in [-0.4, -0.2) is 29.2 Å². The Morgan fingerprint density at radius 3 is 2.81 bits per heavy atom. The van der Waals surface area contributed by atoms with Gasteiger partial charge in [0.15, 0.2) is 11.5 Å². The lowest BCUT2D eigenvalue weighted by atomic mass is 9.76. The van der Waals surface area contributed by atoms with Crippen LogP contribution in [0.2, 0.25) is 0 Å². The molecule has 0 bridgehead atoms. The van der Waals surface area contributed by atoms with E-state index in [0.717, 1.165) is 24.8 Å². The number of nitrogens with one attached hydrogen (secondary N) is 1. The Morgan fingerprint density at radius 1 is 1.33 bits per heavy atom. The molecule has 1 aliphatic heterocycles. The van der Waals surface area contributed by atoms with Gasteiger partial charge in [-0.25, -0.2) is 0 Å². The van der Waals surface area contributed by atoms with Crippen LogP contribution in [0.4, 0.5) is 0 Å². The largest absolute Gasteiger partial charge is 0.507 e. The SMILES string of the molecule is CC1CCCC(CO)(NCc2cc3c(cc2O)OCO3)C1. The van der Waals surface area contributed by atoms with Crippen LogP contribution in [0.25, 0.3) is 0 Å². The number of ether oxygens (including phenoxy) is 2. The van der Waals surface area contributed by atoms with E-state index in [1.807, 2.05) is 6.07 Å². The van der Waals surface area contributed by atoms with Gasteiger partial charge in [-0.05, 0) is 24.8 Å². The number of fused-ring (bicyclic) bond motifs is 1. The Bertz CT molecular complexity index is 519. The predicted molar refractivity (Wildman–Crippen MR) is 78.5 cm³/mol. The molecule has 2 atom stereocenters. The Balaban J connectivity index is 1.72. The second-order valence-electron chi connectivity index (χ2n) is 6.33. The van der Waals surface area contributed by atoms with Crippen LogP contribution >= 0.6 is 0 Å². The van der Waals surface area contributed by atoms with Gasteiger partial charge >= 0.3 is 0 Å². The molecule has 1 aromatic carbocycles. The van der Waals surface area contributed by atoms with Crippen molar-refractivity contribution in [3.63, 3.8) is 0 Å². The van der Waals surface area contributed by atoms with Crippen LogP contribution < -0.4 is 14.8 Å². The van der Waals surface area contributed by atoms with Crippen molar-refractivity contribution < 1.29 is 19.7 Å². The lowest BCUT2D eigenvalue weighted by Gasteiger charge is -2.39. The number of aliphatic hydroxyl groups is 1. The van der Waals surface area contributed by atoms with Gasteiger partial charge in [0.25, 0.3) is 0 Å². The van der Waals surface area contributed by atoms with Gasteiger partial charge < -0.3 is 25.0 Å². The molecule has 5 heteroatoms. The number of phenols is 1. The fraction of sp³-hybridized carbons (Fsp3) is 0.625. The second kappa shape index (κ2) is 5.73. The van der Waals surface area contributed by atoms with E-state index in [4.69, 9.17) is 9.47 Å². The molecule has 0 aromatic heterocycles. The van der Waals surface area contributed by atoms with Crippen LogP contribution in [0.5, 0.6) is 17.2 Å². The third-order valence-electron chi connectivity index (χ3n) is 4.62. The van der Waals surface area contributed by atoms with Gasteiger partial charge in [-0.1, -0.05) is 19.8 Å². The summed E-state index contributed by atoms with van der Waals surface area (Å²) in [7, 11) is 0. The zero-order valence-corrected chi connectivity index (χ0v) is 12.4. The Kier molecular flexibility index (Phi) is 3.95. The van der Waals surface area contributed by atoms with Crippen molar-refractivity contribution in [2.45, 2.75) is 44.7 Å². The summed E-state index contributed by atoms with van der Waals surface area (Å²) in [5, 5.41) is 23.3.